The van der Waals surface area contributed by atoms with Crippen molar-refractivity contribution in [2.75, 3.05) is 0 Å². The summed E-state index contributed by atoms with van der Waals surface area (Å²) in [5, 5.41) is 19.2. The maximum Gasteiger partial charge on any atom is 0.311 e. The van der Waals surface area contributed by atoms with Crippen LogP contribution in [0.1, 0.15) is 5.76 Å². The molecule has 0 unspecified atom stereocenters. The van der Waals surface area contributed by atoms with Crippen molar-refractivity contribution in [1.82, 2.24) is 0 Å². The summed E-state index contributed by atoms with van der Waals surface area (Å²) in [6, 6.07) is 4.68. The van der Waals surface area contributed by atoms with Crippen LogP contribution in [0.5, 0.6) is 5.75 Å². The fourth-order valence-electron chi connectivity index (χ4n) is 1.37. The molecule has 0 aliphatic carbocycles. The van der Waals surface area contributed by atoms with Gasteiger partial charge in [-0.25, -0.2) is 0 Å². The Morgan fingerprint density at radius 2 is 2.21 bits per heavy atom. The number of furan rings is 1. The van der Waals surface area contributed by atoms with Crippen molar-refractivity contribution in [2.24, 2.45) is 0 Å². The lowest BCUT2D eigenvalue weighted by atomic mass is 10.1. The van der Waals surface area contributed by atoms with Crippen molar-refractivity contribution in [3.63, 3.8) is 0 Å². The summed E-state index contributed by atoms with van der Waals surface area (Å²) in [5.74, 6) is -0.387. The van der Waals surface area contributed by atoms with Crippen LogP contribution in [0.15, 0.2) is 28.9 Å². The van der Waals surface area contributed by atoms with Crippen LogP contribution in [0.4, 0.5) is 0 Å². The summed E-state index contributed by atoms with van der Waals surface area (Å²) >= 11 is 0. The van der Waals surface area contributed by atoms with Crippen molar-refractivity contribution in [2.45, 2.75) is 6.42 Å². The number of benzene rings is 1. The Bertz CT molecular complexity index is 484. The molecule has 72 valence electrons. The summed E-state index contributed by atoms with van der Waals surface area (Å²) in [4.78, 5) is 10.5. The van der Waals surface area contributed by atoms with Gasteiger partial charge in [0, 0.05) is 10.8 Å². The number of phenols is 1. The number of hydrogen-bond acceptors (Lipinski definition) is 3. The van der Waals surface area contributed by atoms with E-state index in [1.807, 2.05) is 0 Å². The van der Waals surface area contributed by atoms with Crippen molar-refractivity contribution in [3.05, 3.63) is 30.2 Å². The highest BCUT2D eigenvalue weighted by Gasteiger charge is 2.09. The molecule has 0 aliphatic rings. The maximum absolute atomic E-state index is 10.5. The van der Waals surface area contributed by atoms with Crippen LogP contribution >= 0.6 is 0 Å². The first-order valence-electron chi connectivity index (χ1n) is 4.07. The number of carboxylic acid groups (broad SMARTS) is 1. The van der Waals surface area contributed by atoms with Crippen LogP contribution < -0.4 is 0 Å². The van der Waals surface area contributed by atoms with Crippen molar-refractivity contribution >= 4 is 16.7 Å². The van der Waals surface area contributed by atoms with E-state index in [9.17, 15) is 4.79 Å². The number of hydrogen-bond donors (Lipinski definition) is 2. The van der Waals surface area contributed by atoms with Crippen LogP contribution in [0, 0.1) is 0 Å². The zero-order valence-electron chi connectivity index (χ0n) is 7.23. The first-order chi connectivity index (χ1) is 6.66. The van der Waals surface area contributed by atoms with E-state index < -0.39 is 5.97 Å². The van der Waals surface area contributed by atoms with Crippen LogP contribution in [-0.2, 0) is 11.2 Å². The van der Waals surface area contributed by atoms with Crippen LogP contribution in [0.3, 0.4) is 0 Å². The second kappa shape index (κ2) is 3.06. The Morgan fingerprint density at radius 1 is 1.43 bits per heavy atom. The van der Waals surface area contributed by atoms with E-state index in [0.29, 0.717) is 11.1 Å². The standard InChI is InChI=1S/C10H8O4/c11-7-1-2-8-6(3-7)5-14-9(8)4-10(12)13/h1-3,5,11H,4H2,(H,12,13). The Hall–Kier alpha value is -1.97. The van der Waals surface area contributed by atoms with Gasteiger partial charge in [-0.2, -0.15) is 0 Å². The molecule has 1 aromatic carbocycles. The molecule has 14 heavy (non-hydrogen) atoms. The predicted molar refractivity (Wildman–Crippen MR) is 49.2 cm³/mol. The molecule has 2 aromatic rings. The van der Waals surface area contributed by atoms with Crippen molar-refractivity contribution < 1.29 is 19.4 Å². The van der Waals surface area contributed by atoms with E-state index in [1.165, 1.54) is 18.4 Å². The zero-order chi connectivity index (χ0) is 10.1. The van der Waals surface area contributed by atoms with Gasteiger partial charge in [0.05, 0.1) is 6.26 Å². The minimum absolute atomic E-state index is 0.139. The number of phenolic OH excluding ortho intramolecular Hbond substituents is 1. The highest BCUT2D eigenvalue weighted by Crippen LogP contribution is 2.25. The number of carboxylic acids is 1. The first kappa shape index (κ1) is 8.62. The topological polar surface area (TPSA) is 70.7 Å². The molecule has 0 bridgehead atoms. The minimum Gasteiger partial charge on any atom is -0.508 e. The number of aliphatic carboxylic acids is 1. The number of carbonyl (C=O) groups is 1. The molecule has 0 amide bonds. The molecule has 1 aromatic heterocycles. The monoisotopic (exact) mass is 192 g/mol. The molecule has 2 N–H and O–H groups in total. The van der Waals surface area contributed by atoms with Crippen LogP contribution in [0.2, 0.25) is 0 Å². The van der Waals surface area contributed by atoms with Gasteiger partial charge in [-0.3, -0.25) is 4.79 Å². The zero-order valence-corrected chi connectivity index (χ0v) is 7.23. The maximum atomic E-state index is 10.5. The highest BCUT2D eigenvalue weighted by atomic mass is 16.4. The third-order valence-electron chi connectivity index (χ3n) is 1.98. The van der Waals surface area contributed by atoms with Crippen LogP contribution in [0.25, 0.3) is 10.8 Å². The molecule has 0 radical (unpaired) electrons. The van der Waals surface area contributed by atoms with E-state index in [0.717, 1.165) is 5.39 Å². The summed E-state index contributed by atoms with van der Waals surface area (Å²) in [7, 11) is 0. The minimum atomic E-state index is -0.936. The van der Waals surface area contributed by atoms with Gasteiger partial charge in [-0.15, -0.1) is 0 Å². The summed E-state index contributed by atoms with van der Waals surface area (Å²) in [6.45, 7) is 0. The van der Waals surface area contributed by atoms with Gasteiger partial charge in [-0.05, 0) is 18.2 Å². The van der Waals surface area contributed by atoms with E-state index in [4.69, 9.17) is 14.6 Å². The summed E-state index contributed by atoms with van der Waals surface area (Å²) in [5.41, 5.74) is 0. The molecule has 2 rings (SSSR count). The number of fused-ring (bicyclic) bond motifs is 1. The Morgan fingerprint density at radius 3 is 2.93 bits per heavy atom. The molecule has 4 nitrogen and oxygen atoms in total. The first-order valence-corrected chi connectivity index (χ1v) is 4.07. The van der Waals surface area contributed by atoms with Gasteiger partial charge in [0.25, 0.3) is 0 Å². The molecular weight excluding hydrogens is 184 g/mol. The molecule has 0 saturated carbocycles. The van der Waals surface area contributed by atoms with E-state index in [2.05, 4.69) is 0 Å². The SMILES string of the molecule is O=C(O)Cc1occ2cc(O)ccc12. The summed E-state index contributed by atoms with van der Waals surface area (Å²) < 4.78 is 5.09. The van der Waals surface area contributed by atoms with E-state index in [-0.39, 0.29) is 12.2 Å². The molecule has 0 spiro atoms. The number of rotatable bonds is 2. The van der Waals surface area contributed by atoms with Gasteiger partial charge in [0.15, 0.2) is 0 Å². The van der Waals surface area contributed by atoms with Gasteiger partial charge in [0.2, 0.25) is 0 Å². The lowest BCUT2D eigenvalue weighted by Crippen LogP contribution is -1.98. The Kier molecular flexibility index (Phi) is 1.89. The molecule has 0 fully saturated rings. The highest BCUT2D eigenvalue weighted by molar-refractivity contribution is 5.87. The van der Waals surface area contributed by atoms with Crippen LogP contribution in [-0.4, -0.2) is 16.2 Å². The third kappa shape index (κ3) is 1.42. The number of aromatic hydroxyl groups is 1. The van der Waals surface area contributed by atoms with E-state index in [1.54, 1.807) is 6.07 Å². The second-order valence-corrected chi connectivity index (χ2v) is 3.00. The van der Waals surface area contributed by atoms with Crippen molar-refractivity contribution in [3.8, 4) is 5.75 Å². The lowest BCUT2D eigenvalue weighted by molar-refractivity contribution is -0.136. The normalized spacial score (nSPS) is 10.6. The van der Waals surface area contributed by atoms with Gasteiger partial charge in [0.1, 0.15) is 17.9 Å². The van der Waals surface area contributed by atoms with Gasteiger partial charge in [-0.1, -0.05) is 0 Å². The average Bonchev–Trinajstić information content (AvgIpc) is 2.47. The molecule has 0 saturated heterocycles. The molecular formula is C10H8O4. The van der Waals surface area contributed by atoms with Crippen molar-refractivity contribution in [1.29, 1.82) is 0 Å². The molecule has 1 heterocycles. The largest absolute Gasteiger partial charge is 0.508 e. The van der Waals surface area contributed by atoms with E-state index >= 15 is 0 Å². The predicted octanol–water partition coefficient (Wildman–Crippen LogP) is 1.77. The lowest BCUT2D eigenvalue weighted by Gasteiger charge is -1.93. The van der Waals surface area contributed by atoms with Gasteiger partial charge < -0.3 is 14.6 Å². The molecule has 4 heteroatoms. The molecule has 0 atom stereocenters. The Labute approximate surface area is 79.4 Å². The average molecular weight is 192 g/mol. The fourth-order valence-corrected chi connectivity index (χ4v) is 1.37. The fraction of sp³-hybridized carbons (Fsp3) is 0.100. The summed E-state index contributed by atoms with van der Waals surface area (Å²) in [6.07, 6.45) is 1.29. The Balaban J connectivity index is 2.52. The van der Waals surface area contributed by atoms with Gasteiger partial charge >= 0.3 is 5.97 Å². The molecule has 0 aliphatic heterocycles. The smallest absolute Gasteiger partial charge is 0.311 e. The third-order valence-corrected chi connectivity index (χ3v) is 1.98. The quantitative estimate of drug-likeness (QED) is 0.760. The second-order valence-electron chi connectivity index (χ2n) is 3.00.